The van der Waals surface area contributed by atoms with Crippen LogP contribution in [-0.2, 0) is 10.2 Å². The lowest BCUT2D eigenvalue weighted by molar-refractivity contribution is -0.124. The molecule has 4 nitrogen and oxygen atoms in total. The van der Waals surface area contributed by atoms with Crippen LogP contribution in [0.25, 0.3) is 0 Å². The van der Waals surface area contributed by atoms with Crippen molar-refractivity contribution in [1.82, 2.24) is 5.32 Å². The SMILES string of the molecule is CC(C)(C)c1ccc(OCCNC(=O)C2CCC(N)C2)cc1.Cl. The Balaban J connectivity index is 0.00000264. The van der Waals surface area contributed by atoms with E-state index in [-0.39, 0.29) is 35.7 Å². The van der Waals surface area contributed by atoms with Crippen molar-refractivity contribution >= 4 is 18.3 Å². The van der Waals surface area contributed by atoms with E-state index in [9.17, 15) is 4.79 Å². The molecule has 0 aromatic heterocycles. The van der Waals surface area contributed by atoms with Crippen LogP contribution in [0, 0.1) is 5.92 Å². The van der Waals surface area contributed by atoms with Crippen LogP contribution < -0.4 is 15.8 Å². The number of rotatable bonds is 5. The Labute approximate surface area is 145 Å². The molecule has 1 amide bonds. The minimum Gasteiger partial charge on any atom is -0.492 e. The van der Waals surface area contributed by atoms with E-state index in [1.54, 1.807) is 0 Å². The third-order valence-corrected chi connectivity index (χ3v) is 4.23. The molecule has 0 aliphatic heterocycles. The van der Waals surface area contributed by atoms with E-state index in [4.69, 9.17) is 10.5 Å². The molecule has 0 radical (unpaired) electrons. The topological polar surface area (TPSA) is 64.3 Å². The summed E-state index contributed by atoms with van der Waals surface area (Å²) in [6.45, 7) is 7.58. The molecule has 2 rings (SSSR count). The molecule has 3 N–H and O–H groups in total. The molecular formula is C18H29ClN2O2. The van der Waals surface area contributed by atoms with Crippen LogP contribution in [0.1, 0.15) is 45.6 Å². The second-order valence-electron chi connectivity index (χ2n) is 7.18. The number of nitrogens with one attached hydrogen (secondary N) is 1. The van der Waals surface area contributed by atoms with Gasteiger partial charge in [-0.3, -0.25) is 4.79 Å². The van der Waals surface area contributed by atoms with Crippen molar-refractivity contribution in [3.05, 3.63) is 29.8 Å². The Kier molecular flexibility index (Phi) is 7.36. The first-order valence-corrected chi connectivity index (χ1v) is 8.13. The summed E-state index contributed by atoms with van der Waals surface area (Å²) in [7, 11) is 0. The quantitative estimate of drug-likeness (QED) is 0.810. The van der Waals surface area contributed by atoms with Crippen LogP contribution in [0.3, 0.4) is 0 Å². The van der Waals surface area contributed by atoms with Crippen LogP contribution >= 0.6 is 12.4 Å². The molecular weight excluding hydrogens is 312 g/mol. The number of hydrogen-bond acceptors (Lipinski definition) is 3. The van der Waals surface area contributed by atoms with Crippen molar-refractivity contribution < 1.29 is 9.53 Å². The lowest BCUT2D eigenvalue weighted by Crippen LogP contribution is -2.33. The van der Waals surface area contributed by atoms with E-state index >= 15 is 0 Å². The van der Waals surface area contributed by atoms with Gasteiger partial charge >= 0.3 is 0 Å². The molecule has 1 fully saturated rings. The summed E-state index contributed by atoms with van der Waals surface area (Å²) in [5.74, 6) is 1.03. The average molecular weight is 341 g/mol. The Morgan fingerprint density at radius 2 is 1.91 bits per heavy atom. The largest absolute Gasteiger partial charge is 0.492 e. The molecule has 0 bridgehead atoms. The maximum atomic E-state index is 11.9. The summed E-state index contributed by atoms with van der Waals surface area (Å²) < 4.78 is 5.67. The van der Waals surface area contributed by atoms with E-state index in [1.807, 2.05) is 12.1 Å². The number of hydrogen-bond donors (Lipinski definition) is 2. The van der Waals surface area contributed by atoms with E-state index in [0.29, 0.717) is 13.2 Å². The van der Waals surface area contributed by atoms with Gasteiger partial charge < -0.3 is 15.8 Å². The maximum Gasteiger partial charge on any atom is 0.223 e. The maximum absolute atomic E-state index is 11.9. The number of benzene rings is 1. The van der Waals surface area contributed by atoms with E-state index in [1.165, 1.54) is 5.56 Å². The number of halogens is 1. The van der Waals surface area contributed by atoms with Crippen LogP contribution in [0.4, 0.5) is 0 Å². The first kappa shape index (κ1) is 19.8. The van der Waals surface area contributed by atoms with Gasteiger partial charge in [-0.2, -0.15) is 0 Å². The highest BCUT2D eigenvalue weighted by atomic mass is 35.5. The number of carbonyl (C=O) groups is 1. The standard InChI is InChI=1S/C18H28N2O2.ClH/c1-18(2,3)14-5-8-16(9-6-14)22-11-10-20-17(21)13-4-7-15(19)12-13;/h5-6,8-9,13,15H,4,7,10-12,19H2,1-3H3,(H,20,21);1H. The van der Waals surface area contributed by atoms with Crippen LogP contribution in [0.2, 0.25) is 0 Å². The molecule has 5 heteroatoms. The van der Waals surface area contributed by atoms with Gasteiger partial charge in [-0.25, -0.2) is 0 Å². The summed E-state index contributed by atoms with van der Waals surface area (Å²) >= 11 is 0. The predicted molar refractivity (Wildman–Crippen MR) is 96.2 cm³/mol. The van der Waals surface area contributed by atoms with Crippen molar-refractivity contribution in [2.24, 2.45) is 11.7 Å². The normalized spacial score (nSPS) is 20.7. The van der Waals surface area contributed by atoms with Gasteiger partial charge in [0.2, 0.25) is 5.91 Å². The Morgan fingerprint density at radius 3 is 2.43 bits per heavy atom. The molecule has 1 saturated carbocycles. The third kappa shape index (κ3) is 6.04. The molecule has 1 aliphatic carbocycles. The molecule has 1 aromatic carbocycles. The fourth-order valence-corrected chi connectivity index (χ4v) is 2.79. The molecule has 23 heavy (non-hydrogen) atoms. The number of ether oxygens (including phenoxy) is 1. The van der Waals surface area contributed by atoms with Gasteiger partial charge in [-0.05, 0) is 42.4 Å². The van der Waals surface area contributed by atoms with Crippen molar-refractivity contribution in [2.45, 2.75) is 51.5 Å². The first-order chi connectivity index (χ1) is 10.4. The number of nitrogens with two attached hydrogens (primary N) is 1. The van der Waals surface area contributed by atoms with Gasteiger partial charge in [0.1, 0.15) is 12.4 Å². The van der Waals surface area contributed by atoms with Gasteiger partial charge in [-0.1, -0.05) is 32.9 Å². The van der Waals surface area contributed by atoms with Crippen molar-refractivity contribution in [2.75, 3.05) is 13.2 Å². The molecule has 2 atom stereocenters. The summed E-state index contributed by atoms with van der Waals surface area (Å²) in [6, 6.07) is 8.34. The summed E-state index contributed by atoms with van der Waals surface area (Å²) in [5, 5.41) is 2.93. The number of carbonyl (C=O) groups excluding carboxylic acids is 1. The van der Waals surface area contributed by atoms with Crippen LogP contribution in [-0.4, -0.2) is 25.1 Å². The van der Waals surface area contributed by atoms with Crippen LogP contribution in [0.15, 0.2) is 24.3 Å². The second-order valence-corrected chi connectivity index (χ2v) is 7.18. The van der Waals surface area contributed by atoms with E-state index < -0.39 is 0 Å². The zero-order valence-electron chi connectivity index (χ0n) is 14.3. The predicted octanol–water partition coefficient (Wildman–Crippen LogP) is 3.03. The second kappa shape index (κ2) is 8.55. The third-order valence-electron chi connectivity index (χ3n) is 4.23. The first-order valence-electron chi connectivity index (χ1n) is 8.13. The zero-order chi connectivity index (χ0) is 16.2. The molecule has 0 spiro atoms. The number of amides is 1. The Morgan fingerprint density at radius 1 is 1.26 bits per heavy atom. The lowest BCUT2D eigenvalue weighted by atomic mass is 9.87. The highest BCUT2D eigenvalue weighted by molar-refractivity contribution is 5.85. The molecule has 1 aromatic rings. The Bertz CT molecular complexity index is 497. The smallest absolute Gasteiger partial charge is 0.223 e. The minimum atomic E-state index is 0. The van der Waals surface area contributed by atoms with Gasteiger partial charge in [0.25, 0.3) is 0 Å². The van der Waals surface area contributed by atoms with Crippen LogP contribution in [0.5, 0.6) is 5.75 Å². The fourth-order valence-electron chi connectivity index (χ4n) is 2.79. The van der Waals surface area contributed by atoms with Crippen molar-refractivity contribution in [3.63, 3.8) is 0 Å². The van der Waals surface area contributed by atoms with Crippen molar-refractivity contribution in [1.29, 1.82) is 0 Å². The monoisotopic (exact) mass is 340 g/mol. The van der Waals surface area contributed by atoms with Gasteiger partial charge in [0.15, 0.2) is 0 Å². The highest BCUT2D eigenvalue weighted by Crippen LogP contribution is 2.25. The zero-order valence-corrected chi connectivity index (χ0v) is 15.1. The molecule has 1 aliphatic rings. The molecule has 0 saturated heterocycles. The van der Waals surface area contributed by atoms with Gasteiger partial charge in [-0.15, -0.1) is 12.4 Å². The minimum absolute atomic E-state index is 0. The van der Waals surface area contributed by atoms with E-state index in [0.717, 1.165) is 25.0 Å². The Hall–Kier alpha value is -1.26. The highest BCUT2D eigenvalue weighted by Gasteiger charge is 2.27. The molecule has 0 heterocycles. The summed E-state index contributed by atoms with van der Waals surface area (Å²) in [5.41, 5.74) is 7.26. The summed E-state index contributed by atoms with van der Waals surface area (Å²) in [6.07, 6.45) is 2.66. The molecule has 130 valence electrons. The lowest BCUT2D eigenvalue weighted by Gasteiger charge is -2.19. The van der Waals surface area contributed by atoms with Gasteiger partial charge in [0.05, 0.1) is 6.54 Å². The fraction of sp³-hybridized carbons (Fsp3) is 0.611. The van der Waals surface area contributed by atoms with Crippen molar-refractivity contribution in [3.8, 4) is 5.75 Å². The van der Waals surface area contributed by atoms with E-state index in [2.05, 4.69) is 38.2 Å². The summed E-state index contributed by atoms with van der Waals surface area (Å²) in [4.78, 5) is 11.9. The van der Waals surface area contributed by atoms with Gasteiger partial charge in [0, 0.05) is 12.0 Å². The molecule has 2 unspecified atom stereocenters. The average Bonchev–Trinajstić information content (AvgIpc) is 2.89.